The number of rotatable bonds is 6. The molecule has 1 aromatic heterocycles. The minimum atomic E-state index is -0.424. The zero-order chi connectivity index (χ0) is 20.3. The van der Waals surface area contributed by atoms with E-state index in [-0.39, 0.29) is 11.7 Å². The van der Waals surface area contributed by atoms with Crippen LogP contribution in [0.2, 0.25) is 5.02 Å². The van der Waals surface area contributed by atoms with Crippen molar-refractivity contribution in [3.63, 3.8) is 0 Å². The van der Waals surface area contributed by atoms with E-state index < -0.39 is 6.10 Å². The molecule has 0 amide bonds. The highest BCUT2D eigenvalue weighted by atomic mass is 35.5. The lowest BCUT2D eigenvalue weighted by molar-refractivity contribution is -0.0182. The quantitative estimate of drug-likeness (QED) is 0.454. The fraction of sp³-hybridized carbons (Fsp3) is 0.455. The molecule has 2 heterocycles. The number of hydrogen-bond acceptors (Lipinski definition) is 3. The number of hydrogen-bond donors (Lipinski definition) is 2. The van der Waals surface area contributed by atoms with Crippen LogP contribution in [0, 0.1) is 10.7 Å². The Balaban J connectivity index is 1.86. The van der Waals surface area contributed by atoms with Crippen LogP contribution in [0.1, 0.15) is 63.0 Å². The second-order valence-electron chi connectivity index (χ2n) is 7.89. The van der Waals surface area contributed by atoms with Crippen LogP contribution in [-0.4, -0.2) is 16.1 Å². The van der Waals surface area contributed by atoms with E-state index in [4.69, 9.17) is 28.6 Å². The molecule has 1 aliphatic heterocycles. The van der Waals surface area contributed by atoms with Gasteiger partial charge in [0.15, 0.2) is 4.77 Å². The maximum absolute atomic E-state index is 12.6. The Morgan fingerprint density at radius 3 is 2.71 bits per heavy atom. The molecular formula is C22H27ClN2O2S. The molecule has 0 aliphatic carbocycles. The normalized spacial score (nSPS) is 19.7. The molecule has 4 nitrogen and oxygen atoms in total. The molecule has 0 saturated carbocycles. The number of fused-ring (bicyclic) bond motifs is 1. The fourth-order valence-corrected chi connectivity index (χ4v) is 4.10. The number of allylic oxidation sites excluding steroid dienone is 2. The van der Waals surface area contributed by atoms with Crippen LogP contribution in [0.4, 0.5) is 0 Å². The Morgan fingerprint density at radius 1 is 1.32 bits per heavy atom. The van der Waals surface area contributed by atoms with Gasteiger partial charge in [-0.3, -0.25) is 9.78 Å². The molecule has 2 aromatic rings. The Kier molecular flexibility index (Phi) is 6.91. The summed E-state index contributed by atoms with van der Waals surface area (Å²) in [4.78, 5) is 18.5. The predicted octanol–water partition coefficient (Wildman–Crippen LogP) is 5.89. The van der Waals surface area contributed by atoms with Crippen LogP contribution in [-0.2, 0) is 11.2 Å². The van der Waals surface area contributed by atoms with Crippen LogP contribution in [0.25, 0.3) is 0 Å². The van der Waals surface area contributed by atoms with Crippen LogP contribution in [0.5, 0.6) is 0 Å². The van der Waals surface area contributed by atoms with Crippen molar-refractivity contribution >= 4 is 23.8 Å². The van der Waals surface area contributed by atoms with Gasteiger partial charge in [0.25, 0.3) is 5.56 Å². The summed E-state index contributed by atoms with van der Waals surface area (Å²) in [6, 6.07) is 7.48. The molecule has 0 radical (unpaired) electrons. The topological polar surface area (TPSA) is 57.9 Å². The van der Waals surface area contributed by atoms with Crippen molar-refractivity contribution in [2.24, 2.45) is 5.92 Å². The number of H-pyrrole nitrogens is 2. The highest BCUT2D eigenvalue weighted by Gasteiger charge is 2.32. The number of benzene rings is 1. The molecule has 0 saturated heterocycles. The van der Waals surface area contributed by atoms with Crippen molar-refractivity contribution in [2.75, 3.05) is 0 Å². The van der Waals surface area contributed by atoms with Crippen molar-refractivity contribution in [3.8, 4) is 0 Å². The summed E-state index contributed by atoms with van der Waals surface area (Å²) in [7, 11) is 0. The third kappa shape index (κ3) is 5.22. The lowest BCUT2D eigenvalue weighted by atomic mass is 9.90. The lowest BCUT2D eigenvalue weighted by Gasteiger charge is -2.33. The molecule has 0 bridgehead atoms. The first-order valence-corrected chi connectivity index (χ1v) is 10.5. The zero-order valence-corrected chi connectivity index (χ0v) is 18.1. The second-order valence-corrected chi connectivity index (χ2v) is 8.74. The smallest absolute Gasteiger partial charge is 0.258 e. The maximum atomic E-state index is 12.6. The average Bonchev–Trinajstić information content (AvgIpc) is 2.60. The molecule has 3 rings (SSSR count). The van der Waals surface area contributed by atoms with Crippen molar-refractivity contribution in [2.45, 2.75) is 58.7 Å². The van der Waals surface area contributed by atoms with E-state index in [0.29, 0.717) is 27.7 Å². The number of aromatic amines is 2. The first kappa shape index (κ1) is 21.0. The van der Waals surface area contributed by atoms with Gasteiger partial charge in [0.2, 0.25) is 0 Å². The molecule has 1 aromatic carbocycles. The Labute approximate surface area is 176 Å². The monoisotopic (exact) mass is 418 g/mol. The van der Waals surface area contributed by atoms with Gasteiger partial charge in [-0.15, -0.1) is 0 Å². The molecule has 28 heavy (non-hydrogen) atoms. The summed E-state index contributed by atoms with van der Waals surface area (Å²) in [5.74, 6) is 0.526. The van der Waals surface area contributed by atoms with Gasteiger partial charge in [-0.25, -0.2) is 0 Å². The minimum absolute atomic E-state index is 0.0299. The van der Waals surface area contributed by atoms with Gasteiger partial charge in [0.05, 0.1) is 11.7 Å². The standard InChI is InChI=1S/C22H27ClN2O2S/c1-13(2)5-4-6-14(3)11-17-12-18-19(21(26)25-22(28)24-18)20(27-17)15-7-9-16(23)10-8-15/h5,7-10,14,17,20H,4,6,11-12H2,1-3H3,(H2,24,25,26,28)/t14-,17?,20?/m0/s1. The highest BCUT2D eigenvalue weighted by molar-refractivity contribution is 7.71. The van der Waals surface area contributed by atoms with Gasteiger partial charge in [0, 0.05) is 17.1 Å². The summed E-state index contributed by atoms with van der Waals surface area (Å²) < 4.78 is 6.78. The van der Waals surface area contributed by atoms with Crippen LogP contribution in [0.15, 0.2) is 40.7 Å². The molecule has 3 atom stereocenters. The molecule has 2 N–H and O–H groups in total. The van der Waals surface area contributed by atoms with Gasteiger partial charge < -0.3 is 9.72 Å². The minimum Gasteiger partial charge on any atom is -0.365 e. The Morgan fingerprint density at radius 2 is 2.04 bits per heavy atom. The average molecular weight is 419 g/mol. The molecule has 0 fully saturated rings. The molecular weight excluding hydrogens is 392 g/mol. The van der Waals surface area contributed by atoms with E-state index in [0.717, 1.165) is 30.5 Å². The van der Waals surface area contributed by atoms with Crippen LogP contribution < -0.4 is 5.56 Å². The molecule has 6 heteroatoms. The van der Waals surface area contributed by atoms with Gasteiger partial charge in [0.1, 0.15) is 6.10 Å². The first-order valence-electron chi connectivity index (χ1n) is 9.73. The highest BCUT2D eigenvalue weighted by Crippen LogP contribution is 2.35. The SMILES string of the molecule is CC(C)=CCC[C@H](C)CC1Cc2[nH]c(=S)[nH]c(=O)c2C(c2ccc(Cl)cc2)O1. The van der Waals surface area contributed by atoms with Crippen molar-refractivity contribution in [1.29, 1.82) is 0 Å². The third-order valence-electron chi connectivity index (χ3n) is 5.13. The van der Waals surface area contributed by atoms with Gasteiger partial charge >= 0.3 is 0 Å². The fourth-order valence-electron chi connectivity index (χ4n) is 3.76. The molecule has 2 unspecified atom stereocenters. The van der Waals surface area contributed by atoms with E-state index >= 15 is 0 Å². The second kappa shape index (κ2) is 9.21. The van der Waals surface area contributed by atoms with E-state index in [9.17, 15) is 4.79 Å². The van der Waals surface area contributed by atoms with E-state index in [2.05, 4.69) is 36.8 Å². The van der Waals surface area contributed by atoms with Gasteiger partial charge in [-0.2, -0.15) is 0 Å². The van der Waals surface area contributed by atoms with Crippen LogP contribution >= 0.6 is 23.8 Å². The summed E-state index contributed by atoms with van der Waals surface area (Å²) in [6.45, 7) is 6.51. The number of ether oxygens (including phenoxy) is 1. The summed E-state index contributed by atoms with van der Waals surface area (Å²) in [5.41, 5.74) is 3.58. The lowest BCUT2D eigenvalue weighted by Crippen LogP contribution is -2.34. The largest absolute Gasteiger partial charge is 0.365 e. The van der Waals surface area contributed by atoms with Crippen LogP contribution in [0.3, 0.4) is 0 Å². The van der Waals surface area contributed by atoms with Crippen molar-refractivity contribution in [3.05, 3.63) is 72.9 Å². The predicted molar refractivity (Wildman–Crippen MR) is 117 cm³/mol. The molecule has 150 valence electrons. The van der Waals surface area contributed by atoms with E-state index in [1.54, 1.807) is 0 Å². The number of halogens is 1. The van der Waals surface area contributed by atoms with Gasteiger partial charge in [-0.05, 0) is 68.9 Å². The third-order valence-corrected chi connectivity index (χ3v) is 5.59. The zero-order valence-electron chi connectivity index (χ0n) is 16.5. The molecule has 1 aliphatic rings. The number of aromatic nitrogens is 2. The summed E-state index contributed by atoms with van der Waals surface area (Å²) >= 11 is 11.2. The first-order chi connectivity index (χ1) is 13.3. The van der Waals surface area contributed by atoms with E-state index in [1.807, 2.05) is 24.3 Å². The number of nitrogens with one attached hydrogen (secondary N) is 2. The van der Waals surface area contributed by atoms with Crippen molar-refractivity contribution in [1.82, 2.24) is 9.97 Å². The van der Waals surface area contributed by atoms with Crippen molar-refractivity contribution < 1.29 is 4.74 Å². The maximum Gasteiger partial charge on any atom is 0.258 e. The summed E-state index contributed by atoms with van der Waals surface area (Å²) in [5, 5.41) is 0.658. The Hall–Kier alpha value is -1.69. The van der Waals surface area contributed by atoms with E-state index in [1.165, 1.54) is 5.57 Å². The van der Waals surface area contributed by atoms with Gasteiger partial charge in [-0.1, -0.05) is 42.3 Å². The summed E-state index contributed by atoms with van der Waals surface area (Å²) in [6.07, 6.45) is 5.69. The Bertz CT molecular complexity index is 958. The molecule has 0 spiro atoms.